The zero-order valence-electron chi connectivity index (χ0n) is 16.6. The van der Waals surface area contributed by atoms with E-state index in [-0.39, 0.29) is 36.0 Å². The standard InChI is InChI=1S/C21H20N4O5/c1-4-11-24(21(26)16-9-10-18(29-3)17(12-16)25(27)28)13-19-22-20(23-30-19)15-7-5-14(2)6-8-15/h4-10,12H,1,11,13H2,2-3H3. The van der Waals surface area contributed by atoms with Crippen molar-refractivity contribution in [2.75, 3.05) is 13.7 Å². The van der Waals surface area contributed by atoms with Gasteiger partial charge >= 0.3 is 5.69 Å². The van der Waals surface area contributed by atoms with E-state index in [1.807, 2.05) is 31.2 Å². The molecule has 3 rings (SSSR count). The van der Waals surface area contributed by atoms with Gasteiger partial charge in [0.2, 0.25) is 11.7 Å². The first kappa shape index (κ1) is 20.7. The van der Waals surface area contributed by atoms with Gasteiger partial charge in [0.05, 0.1) is 12.0 Å². The number of amides is 1. The van der Waals surface area contributed by atoms with Crippen molar-refractivity contribution in [3.8, 4) is 17.1 Å². The molecule has 0 unspecified atom stereocenters. The fraction of sp³-hybridized carbons (Fsp3) is 0.190. The summed E-state index contributed by atoms with van der Waals surface area (Å²) < 4.78 is 10.3. The van der Waals surface area contributed by atoms with Crippen molar-refractivity contribution in [2.45, 2.75) is 13.5 Å². The van der Waals surface area contributed by atoms with Gasteiger partial charge in [0.25, 0.3) is 5.91 Å². The van der Waals surface area contributed by atoms with E-state index in [9.17, 15) is 14.9 Å². The van der Waals surface area contributed by atoms with Crippen molar-refractivity contribution < 1.29 is 19.0 Å². The smallest absolute Gasteiger partial charge is 0.311 e. The van der Waals surface area contributed by atoms with E-state index in [0.717, 1.165) is 11.1 Å². The Bertz CT molecular complexity index is 1080. The van der Waals surface area contributed by atoms with Gasteiger partial charge in [-0.1, -0.05) is 41.1 Å². The maximum absolute atomic E-state index is 13.0. The zero-order valence-corrected chi connectivity index (χ0v) is 16.6. The summed E-state index contributed by atoms with van der Waals surface area (Å²) in [6.45, 7) is 5.87. The molecule has 154 valence electrons. The fourth-order valence-corrected chi connectivity index (χ4v) is 2.83. The summed E-state index contributed by atoms with van der Waals surface area (Å²) in [5, 5.41) is 15.2. The number of carbonyl (C=O) groups is 1. The van der Waals surface area contributed by atoms with Crippen LogP contribution >= 0.6 is 0 Å². The lowest BCUT2D eigenvalue weighted by molar-refractivity contribution is -0.385. The molecule has 1 heterocycles. The van der Waals surface area contributed by atoms with Crippen LogP contribution in [0.15, 0.2) is 59.6 Å². The highest BCUT2D eigenvalue weighted by Gasteiger charge is 2.23. The fourth-order valence-electron chi connectivity index (χ4n) is 2.83. The number of nitro groups is 1. The number of aryl methyl sites for hydroxylation is 1. The lowest BCUT2D eigenvalue weighted by Crippen LogP contribution is -2.30. The van der Waals surface area contributed by atoms with E-state index < -0.39 is 10.8 Å². The molecule has 0 atom stereocenters. The Morgan fingerprint density at radius 3 is 2.67 bits per heavy atom. The van der Waals surface area contributed by atoms with Crippen molar-refractivity contribution in [1.29, 1.82) is 0 Å². The monoisotopic (exact) mass is 408 g/mol. The van der Waals surface area contributed by atoms with Crippen molar-refractivity contribution in [3.05, 3.63) is 82.3 Å². The van der Waals surface area contributed by atoms with Crippen LogP contribution < -0.4 is 4.74 Å². The Hall–Kier alpha value is -4.01. The topological polar surface area (TPSA) is 112 Å². The lowest BCUT2D eigenvalue weighted by Gasteiger charge is -2.19. The number of carbonyl (C=O) groups excluding carboxylic acids is 1. The van der Waals surface area contributed by atoms with Gasteiger partial charge in [-0.3, -0.25) is 14.9 Å². The molecule has 2 aromatic carbocycles. The number of rotatable bonds is 8. The molecule has 0 saturated heterocycles. The molecule has 3 aromatic rings. The van der Waals surface area contributed by atoms with Crippen LogP contribution in [-0.4, -0.2) is 39.5 Å². The first-order valence-electron chi connectivity index (χ1n) is 9.05. The minimum Gasteiger partial charge on any atom is -0.490 e. The van der Waals surface area contributed by atoms with Crippen LogP contribution in [0.3, 0.4) is 0 Å². The molecule has 0 fully saturated rings. The highest BCUT2D eigenvalue weighted by molar-refractivity contribution is 5.95. The SMILES string of the molecule is C=CCN(Cc1nc(-c2ccc(C)cc2)no1)C(=O)c1ccc(OC)c([N+](=O)[O-])c1. The molecular weight excluding hydrogens is 388 g/mol. The van der Waals surface area contributed by atoms with Crippen LogP contribution in [0.25, 0.3) is 11.4 Å². The van der Waals surface area contributed by atoms with E-state index in [1.165, 1.54) is 30.2 Å². The number of ether oxygens (including phenoxy) is 1. The van der Waals surface area contributed by atoms with Crippen LogP contribution in [0.4, 0.5) is 5.69 Å². The van der Waals surface area contributed by atoms with Crippen molar-refractivity contribution >= 4 is 11.6 Å². The molecular formula is C21H20N4O5. The van der Waals surface area contributed by atoms with Gasteiger partial charge in [0.1, 0.15) is 6.54 Å². The number of nitro benzene ring substituents is 1. The Labute approximate surface area is 172 Å². The minimum absolute atomic E-state index is 0.0313. The predicted molar refractivity (Wildman–Crippen MR) is 109 cm³/mol. The lowest BCUT2D eigenvalue weighted by atomic mass is 10.1. The van der Waals surface area contributed by atoms with Crippen LogP contribution in [0.1, 0.15) is 21.8 Å². The molecule has 0 radical (unpaired) electrons. The molecule has 9 heteroatoms. The molecule has 0 aliphatic carbocycles. The second-order valence-corrected chi connectivity index (χ2v) is 6.50. The van der Waals surface area contributed by atoms with Gasteiger partial charge in [-0.2, -0.15) is 4.98 Å². The highest BCUT2D eigenvalue weighted by atomic mass is 16.6. The zero-order chi connectivity index (χ0) is 21.7. The molecule has 0 aliphatic rings. The second kappa shape index (κ2) is 8.99. The Morgan fingerprint density at radius 1 is 1.30 bits per heavy atom. The highest BCUT2D eigenvalue weighted by Crippen LogP contribution is 2.28. The molecule has 0 bridgehead atoms. The van der Waals surface area contributed by atoms with Gasteiger partial charge in [-0.15, -0.1) is 6.58 Å². The first-order valence-corrected chi connectivity index (χ1v) is 9.05. The van der Waals surface area contributed by atoms with Gasteiger partial charge < -0.3 is 14.2 Å². The summed E-state index contributed by atoms with van der Waals surface area (Å²) in [6.07, 6.45) is 1.55. The maximum atomic E-state index is 13.0. The Kier molecular flexibility index (Phi) is 6.21. The Balaban J connectivity index is 1.83. The maximum Gasteiger partial charge on any atom is 0.311 e. The predicted octanol–water partition coefficient (Wildman–Crippen LogP) is 3.79. The van der Waals surface area contributed by atoms with Crippen LogP contribution in [-0.2, 0) is 6.54 Å². The average Bonchev–Trinajstić information content (AvgIpc) is 3.21. The third kappa shape index (κ3) is 4.52. The van der Waals surface area contributed by atoms with E-state index >= 15 is 0 Å². The van der Waals surface area contributed by atoms with Gasteiger partial charge in [0.15, 0.2) is 5.75 Å². The molecule has 1 aromatic heterocycles. The van der Waals surface area contributed by atoms with E-state index in [2.05, 4.69) is 16.7 Å². The molecule has 0 spiro atoms. The van der Waals surface area contributed by atoms with Crippen LogP contribution in [0.5, 0.6) is 5.75 Å². The van der Waals surface area contributed by atoms with E-state index in [0.29, 0.717) is 5.82 Å². The summed E-state index contributed by atoms with van der Waals surface area (Å²) >= 11 is 0. The van der Waals surface area contributed by atoms with E-state index in [1.54, 1.807) is 6.08 Å². The van der Waals surface area contributed by atoms with Crippen LogP contribution in [0.2, 0.25) is 0 Å². The summed E-state index contributed by atoms with van der Waals surface area (Å²) in [5.41, 5.74) is 1.76. The molecule has 9 nitrogen and oxygen atoms in total. The number of hydrogen-bond acceptors (Lipinski definition) is 7. The Morgan fingerprint density at radius 2 is 2.03 bits per heavy atom. The summed E-state index contributed by atoms with van der Waals surface area (Å²) in [5.74, 6) is 0.294. The third-order valence-corrected chi connectivity index (χ3v) is 4.36. The van der Waals surface area contributed by atoms with Gasteiger partial charge in [0, 0.05) is 23.7 Å². The number of aromatic nitrogens is 2. The summed E-state index contributed by atoms with van der Waals surface area (Å²) in [6, 6.07) is 11.7. The molecule has 0 saturated carbocycles. The van der Waals surface area contributed by atoms with Gasteiger partial charge in [-0.25, -0.2) is 0 Å². The van der Waals surface area contributed by atoms with Crippen LogP contribution in [0, 0.1) is 17.0 Å². The molecule has 0 N–H and O–H groups in total. The largest absolute Gasteiger partial charge is 0.490 e. The molecule has 1 amide bonds. The van der Waals surface area contributed by atoms with Crippen molar-refractivity contribution in [3.63, 3.8) is 0 Å². The molecule has 0 aliphatic heterocycles. The number of benzene rings is 2. The average molecular weight is 408 g/mol. The number of hydrogen-bond donors (Lipinski definition) is 0. The number of methoxy groups -OCH3 is 1. The normalized spacial score (nSPS) is 10.5. The summed E-state index contributed by atoms with van der Waals surface area (Å²) in [4.78, 5) is 29.4. The first-order chi connectivity index (χ1) is 14.4. The van der Waals surface area contributed by atoms with Gasteiger partial charge in [-0.05, 0) is 19.1 Å². The number of nitrogens with zero attached hydrogens (tertiary/aromatic N) is 4. The van der Waals surface area contributed by atoms with Crippen molar-refractivity contribution in [2.24, 2.45) is 0 Å². The third-order valence-electron chi connectivity index (χ3n) is 4.36. The minimum atomic E-state index is -0.598. The second-order valence-electron chi connectivity index (χ2n) is 6.50. The van der Waals surface area contributed by atoms with Crippen molar-refractivity contribution in [1.82, 2.24) is 15.0 Å². The molecule has 30 heavy (non-hydrogen) atoms. The van der Waals surface area contributed by atoms with E-state index in [4.69, 9.17) is 9.26 Å². The summed E-state index contributed by atoms with van der Waals surface area (Å²) in [7, 11) is 1.33. The quantitative estimate of drug-likeness (QED) is 0.317.